The summed E-state index contributed by atoms with van der Waals surface area (Å²) in [5.74, 6) is -2.93. The van der Waals surface area contributed by atoms with Crippen LogP contribution in [0.3, 0.4) is 0 Å². The number of hydrazine groups is 1. The van der Waals surface area contributed by atoms with Crippen LogP contribution in [0.15, 0.2) is 40.9 Å². The van der Waals surface area contributed by atoms with Crippen molar-refractivity contribution >= 4 is 27.6 Å². The SMILES string of the molecule is CC1(C)OC(=O)C(=CNNc2ccc(S(N)(=O)=O)cc2)C(=O)O1. The molecule has 0 saturated carbocycles. The van der Waals surface area contributed by atoms with Crippen molar-refractivity contribution in [2.45, 2.75) is 24.5 Å². The molecule has 1 aromatic carbocycles. The largest absolute Gasteiger partial charge is 0.419 e. The summed E-state index contributed by atoms with van der Waals surface area (Å²) in [6.07, 6.45) is 1.09. The number of cyclic esters (lactones) is 2. The fraction of sp³-hybridized carbons (Fsp3) is 0.231. The van der Waals surface area contributed by atoms with Gasteiger partial charge in [-0.25, -0.2) is 23.1 Å². The highest BCUT2D eigenvalue weighted by Crippen LogP contribution is 2.22. The van der Waals surface area contributed by atoms with E-state index in [1.807, 2.05) is 0 Å². The van der Waals surface area contributed by atoms with E-state index in [1.54, 1.807) is 0 Å². The van der Waals surface area contributed by atoms with Crippen LogP contribution in [0.5, 0.6) is 0 Å². The Morgan fingerprint density at radius 1 is 1.09 bits per heavy atom. The molecule has 0 unspecified atom stereocenters. The second-order valence-electron chi connectivity index (χ2n) is 5.08. The number of primary sulfonamides is 1. The van der Waals surface area contributed by atoms with Crippen LogP contribution in [0.1, 0.15) is 13.8 Å². The summed E-state index contributed by atoms with van der Waals surface area (Å²) in [5.41, 5.74) is 5.35. The minimum Gasteiger partial charge on any atom is -0.419 e. The van der Waals surface area contributed by atoms with Crippen molar-refractivity contribution in [3.63, 3.8) is 0 Å². The second-order valence-corrected chi connectivity index (χ2v) is 6.64. The van der Waals surface area contributed by atoms with E-state index in [2.05, 4.69) is 10.9 Å². The molecule has 10 heteroatoms. The van der Waals surface area contributed by atoms with Gasteiger partial charge in [0.1, 0.15) is 0 Å². The second kappa shape index (κ2) is 5.89. The molecule has 0 aliphatic carbocycles. The van der Waals surface area contributed by atoms with Gasteiger partial charge in [0, 0.05) is 20.0 Å². The Hall–Kier alpha value is -2.59. The van der Waals surface area contributed by atoms with Crippen LogP contribution < -0.4 is 16.0 Å². The smallest absolute Gasteiger partial charge is 0.350 e. The molecule has 9 nitrogen and oxygen atoms in total. The molecule has 124 valence electrons. The van der Waals surface area contributed by atoms with Gasteiger partial charge in [-0.05, 0) is 24.3 Å². The number of benzene rings is 1. The first-order chi connectivity index (χ1) is 10.6. The summed E-state index contributed by atoms with van der Waals surface area (Å²) in [4.78, 5) is 23.3. The van der Waals surface area contributed by atoms with Gasteiger partial charge in [0.25, 0.3) is 5.79 Å². The molecular formula is C13H15N3O6S. The van der Waals surface area contributed by atoms with Crippen LogP contribution in [0.4, 0.5) is 5.69 Å². The Morgan fingerprint density at radius 2 is 1.61 bits per heavy atom. The fourth-order valence-corrected chi connectivity index (χ4v) is 2.21. The van der Waals surface area contributed by atoms with E-state index in [0.29, 0.717) is 5.69 Å². The Kier molecular flexibility index (Phi) is 4.30. The molecule has 1 saturated heterocycles. The van der Waals surface area contributed by atoms with Crippen molar-refractivity contribution in [1.82, 2.24) is 5.43 Å². The number of sulfonamides is 1. The number of nitrogens with one attached hydrogen (secondary N) is 2. The van der Waals surface area contributed by atoms with Gasteiger partial charge in [-0.1, -0.05) is 0 Å². The number of nitrogens with two attached hydrogens (primary N) is 1. The molecule has 2 rings (SSSR count). The maximum absolute atomic E-state index is 11.7. The highest BCUT2D eigenvalue weighted by molar-refractivity contribution is 7.89. The van der Waals surface area contributed by atoms with E-state index in [4.69, 9.17) is 14.6 Å². The zero-order chi connectivity index (χ0) is 17.3. The van der Waals surface area contributed by atoms with Crippen molar-refractivity contribution in [2.75, 3.05) is 5.43 Å². The molecule has 1 aliphatic rings. The predicted molar refractivity (Wildman–Crippen MR) is 78.9 cm³/mol. The first-order valence-corrected chi connectivity index (χ1v) is 7.94. The lowest BCUT2D eigenvalue weighted by atomic mass is 10.2. The average Bonchev–Trinajstić information content (AvgIpc) is 2.40. The van der Waals surface area contributed by atoms with E-state index >= 15 is 0 Å². The topological polar surface area (TPSA) is 137 Å². The van der Waals surface area contributed by atoms with Crippen LogP contribution in [0.25, 0.3) is 0 Å². The number of ether oxygens (including phenoxy) is 2. The predicted octanol–water partition coefficient (Wildman–Crippen LogP) is -0.0295. The third kappa shape index (κ3) is 4.20. The van der Waals surface area contributed by atoms with Crippen LogP contribution in [0, 0.1) is 0 Å². The molecule has 0 bridgehead atoms. The monoisotopic (exact) mass is 341 g/mol. The van der Waals surface area contributed by atoms with Gasteiger partial charge in [0.2, 0.25) is 10.0 Å². The maximum atomic E-state index is 11.7. The molecule has 0 atom stereocenters. The van der Waals surface area contributed by atoms with Crippen LogP contribution in [0.2, 0.25) is 0 Å². The normalized spacial score (nSPS) is 17.1. The Labute approximate surface area is 132 Å². The van der Waals surface area contributed by atoms with Crippen molar-refractivity contribution < 1.29 is 27.5 Å². The molecular weight excluding hydrogens is 326 g/mol. The van der Waals surface area contributed by atoms with Crippen molar-refractivity contribution in [3.05, 3.63) is 36.0 Å². The molecule has 1 fully saturated rings. The lowest BCUT2D eigenvalue weighted by Crippen LogP contribution is -2.42. The number of hydrogen-bond donors (Lipinski definition) is 3. The highest BCUT2D eigenvalue weighted by atomic mass is 32.2. The number of rotatable bonds is 4. The minimum atomic E-state index is -3.77. The third-order valence-corrected chi connectivity index (χ3v) is 3.66. The molecule has 0 spiro atoms. The summed E-state index contributed by atoms with van der Waals surface area (Å²) in [6, 6.07) is 5.51. The van der Waals surface area contributed by atoms with Gasteiger partial charge in [0.05, 0.1) is 10.6 Å². The number of carbonyl (C=O) groups is 2. The molecule has 1 heterocycles. The van der Waals surface area contributed by atoms with Crippen LogP contribution >= 0.6 is 0 Å². The van der Waals surface area contributed by atoms with E-state index in [9.17, 15) is 18.0 Å². The zero-order valence-electron chi connectivity index (χ0n) is 12.3. The van der Waals surface area contributed by atoms with E-state index in [0.717, 1.165) is 6.20 Å². The van der Waals surface area contributed by atoms with Gasteiger partial charge in [-0.3, -0.25) is 0 Å². The molecule has 0 amide bonds. The van der Waals surface area contributed by atoms with Crippen molar-refractivity contribution in [1.29, 1.82) is 0 Å². The first kappa shape index (κ1) is 16.8. The number of esters is 2. The zero-order valence-corrected chi connectivity index (χ0v) is 13.1. The Morgan fingerprint density at radius 3 is 2.09 bits per heavy atom. The van der Waals surface area contributed by atoms with E-state index in [-0.39, 0.29) is 10.5 Å². The molecule has 23 heavy (non-hydrogen) atoms. The number of hydrogen-bond acceptors (Lipinski definition) is 8. The van der Waals surface area contributed by atoms with Crippen molar-refractivity contribution in [2.24, 2.45) is 5.14 Å². The average molecular weight is 341 g/mol. The molecule has 1 aliphatic heterocycles. The minimum absolute atomic E-state index is 0.0388. The van der Waals surface area contributed by atoms with Gasteiger partial charge in [-0.15, -0.1) is 0 Å². The van der Waals surface area contributed by atoms with Crippen LogP contribution in [-0.2, 0) is 29.1 Å². The van der Waals surface area contributed by atoms with E-state index < -0.39 is 27.7 Å². The summed E-state index contributed by atoms with van der Waals surface area (Å²) in [7, 11) is -3.77. The quantitative estimate of drug-likeness (QED) is 0.300. The molecule has 4 N–H and O–H groups in total. The maximum Gasteiger partial charge on any atom is 0.350 e. The molecule has 1 aromatic rings. The van der Waals surface area contributed by atoms with Crippen molar-refractivity contribution in [3.8, 4) is 0 Å². The summed E-state index contributed by atoms with van der Waals surface area (Å²) in [5, 5.41) is 4.98. The van der Waals surface area contributed by atoms with Crippen LogP contribution in [-0.4, -0.2) is 26.1 Å². The highest BCUT2D eigenvalue weighted by Gasteiger charge is 2.38. The number of anilines is 1. The molecule has 0 radical (unpaired) electrons. The summed E-state index contributed by atoms with van der Waals surface area (Å²) >= 11 is 0. The standard InChI is InChI=1S/C13H15N3O6S/c1-13(2)21-11(17)10(12(18)22-13)7-15-16-8-3-5-9(6-4-8)23(14,19)20/h3-7,15-16H,1-2H3,(H2,14,19,20). The number of carbonyl (C=O) groups excluding carboxylic acids is 2. The summed E-state index contributed by atoms with van der Waals surface area (Å²) < 4.78 is 32.1. The lowest BCUT2D eigenvalue weighted by molar-refractivity contribution is -0.222. The van der Waals surface area contributed by atoms with E-state index in [1.165, 1.54) is 38.1 Å². The van der Waals surface area contributed by atoms with Gasteiger partial charge < -0.3 is 20.3 Å². The third-order valence-electron chi connectivity index (χ3n) is 2.73. The molecule has 0 aromatic heterocycles. The van der Waals surface area contributed by atoms with Gasteiger partial charge in [0.15, 0.2) is 5.57 Å². The lowest BCUT2D eigenvalue weighted by Gasteiger charge is -2.29. The fourth-order valence-electron chi connectivity index (χ4n) is 1.70. The Bertz CT molecular complexity index is 745. The van der Waals surface area contributed by atoms with Gasteiger partial charge in [-0.2, -0.15) is 0 Å². The van der Waals surface area contributed by atoms with Gasteiger partial charge >= 0.3 is 11.9 Å². The first-order valence-electron chi connectivity index (χ1n) is 6.40. The Balaban J connectivity index is 2.01. The summed E-state index contributed by atoms with van der Waals surface area (Å²) in [6.45, 7) is 2.89.